The number of guanidine groups is 1. The molecule has 3 aliphatic rings. The van der Waals surface area contributed by atoms with Crippen molar-refractivity contribution in [3.8, 4) is 0 Å². The van der Waals surface area contributed by atoms with Crippen molar-refractivity contribution in [1.29, 1.82) is 0 Å². The number of amides is 2. The summed E-state index contributed by atoms with van der Waals surface area (Å²) in [5.41, 5.74) is 0. The molecule has 3 fully saturated rings. The summed E-state index contributed by atoms with van der Waals surface area (Å²) < 4.78 is 0. The normalized spacial score (nSPS) is 23.6. The van der Waals surface area contributed by atoms with Gasteiger partial charge in [0.05, 0.1) is 6.54 Å². The average Bonchev–Trinajstić information content (AvgIpc) is 3.43. The summed E-state index contributed by atoms with van der Waals surface area (Å²) in [7, 11) is 0. The highest BCUT2D eigenvalue weighted by Gasteiger charge is 2.31. The predicted octanol–water partition coefficient (Wildman–Crippen LogP) is 2.42. The van der Waals surface area contributed by atoms with E-state index in [1.54, 1.807) is 0 Å². The molecule has 0 spiro atoms. The van der Waals surface area contributed by atoms with E-state index in [0.717, 1.165) is 44.9 Å². The third kappa shape index (κ3) is 7.17. The third-order valence-corrected chi connectivity index (χ3v) is 6.79. The van der Waals surface area contributed by atoms with Gasteiger partial charge in [-0.2, -0.15) is 0 Å². The molecule has 0 aromatic rings. The van der Waals surface area contributed by atoms with E-state index in [1.807, 2.05) is 11.8 Å². The maximum atomic E-state index is 12.8. The van der Waals surface area contributed by atoms with E-state index in [-0.39, 0.29) is 17.9 Å². The lowest BCUT2D eigenvalue weighted by Crippen LogP contribution is -2.46. The number of carbonyl (C=O) groups is 2. The molecule has 1 atom stereocenters. The zero-order chi connectivity index (χ0) is 21.2. The first-order valence-corrected chi connectivity index (χ1v) is 12.3. The van der Waals surface area contributed by atoms with Crippen LogP contribution in [0.1, 0.15) is 77.6 Å². The van der Waals surface area contributed by atoms with Crippen molar-refractivity contribution in [1.82, 2.24) is 20.9 Å². The quantitative estimate of drug-likeness (QED) is 0.320. The number of aliphatic imine (C=N–C) groups is 1. The Morgan fingerprint density at radius 2 is 1.70 bits per heavy atom. The van der Waals surface area contributed by atoms with Gasteiger partial charge < -0.3 is 20.9 Å². The standard InChI is InChI=1S/C23H41N5O2/c1-2-24-23(26-14-13-25-21(29)16-18-8-6-7-9-18)27-20-12-15-28(17-20)22(30)19-10-4-3-5-11-19/h18-20H,2-17H2,1H3,(H,25,29)(H2,24,26,27). The first-order valence-electron chi connectivity index (χ1n) is 12.3. The monoisotopic (exact) mass is 419 g/mol. The van der Waals surface area contributed by atoms with Crippen molar-refractivity contribution >= 4 is 17.8 Å². The Hall–Kier alpha value is -1.79. The minimum Gasteiger partial charge on any atom is -0.357 e. The first-order chi connectivity index (χ1) is 14.7. The first kappa shape index (κ1) is 22.9. The predicted molar refractivity (Wildman–Crippen MR) is 120 cm³/mol. The van der Waals surface area contributed by atoms with E-state index < -0.39 is 0 Å². The van der Waals surface area contributed by atoms with Crippen LogP contribution in [0.15, 0.2) is 4.99 Å². The van der Waals surface area contributed by atoms with Gasteiger partial charge in [0.2, 0.25) is 11.8 Å². The van der Waals surface area contributed by atoms with Crippen LogP contribution in [-0.2, 0) is 9.59 Å². The van der Waals surface area contributed by atoms with Crippen LogP contribution in [0.25, 0.3) is 0 Å². The van der Waals surface area contributed by atoms with Crippen LogP contribution in [-0.4, -0.2) is 61.4 Å². The van der Waals surface area contributed by atoms with Gasteiger partial charge in [0.1, 0.15) is 0 Å². The summed E-state index contributed by atoms with van der Waals surface area (Å²) in [6.07, 6.45) is 12.3. The van der Waals surface area contributed by atoms with Crippen LogP contribution in [0.4, 0.5) is 0 Å². The number of hydrogen-bond acceptors (Lipinski definition) is 3. The number of nitrogens with zero attached hydrogens (tertiary/aromatic N) is 2. The molecule has 1 aliphatic heterocycles. The molecule has 0 radical (unpaired) electrons. The lowest BCUT2D eigenvalue weighted by atomic mass is 9.88. The highest BCUT2D eigenvalue weighted by molar-refractivity contribution is 5.81. The molecule has 1 unspecified atom stereocenters. The van der Waals surface area contributed by atoms with Gasteiger partial charge in [-0.1, -0.05) is 32.1 Å². The Balaban J connectivity index is 1.37. The molecule has 2 amide bonds. The minimum atomic E-state index is 0.155. The fourth-order valence-electron chi connectivity index (χ4n) is 5.11. The van der Waals surface area contributed by atoms with Crippen LogP contribution in [0.2, 0.25) is 0 Å². The Kier molecular flexibility index (Phi) is 9.27. The Morgan fingerprint density at radius 1 is 0.967 bits per heavy atom. The molecule has 170 valence electrons. The molecule has 3 rings (SSSR count). The molecule has 1 heterocycles. The molecular formula is C23H41N5O2. The van der Waals surface area contributed by atoms with E-state index in [4.69, 9.17) is 0 Å². The number of carbonyl (C=O) groups excluding carboxylic acids is 2. The minimum absolute atomic E-state index is 0.155. The van der Waals surface area contributed by atoms with E-state index in [1.165, 1.54) is 44.9 Å². The lowest BCUT2D eigenvalue weighted by molar-refractivity contribution is -0.135. The van der Waals surface area contributed by atoms with Gasteiger partial charge in [0.15, 0.2) is 5.96 Å². The molecule has 1 saturated heterocycles. The number of hydrogen-bond donors (Lipinski definition) is 3. The number of rotatable bonds is 8. The van der Waals surface area contributed by atoms with E-state index in [9.17, 15) is 9.59 Å². The highest BCUT2D eigenvalue weighted by atomic mass is 16.2. The Morgan fingerprint density at radius 3 is 2.43 bits per heavy atom. The second-order valence-electron chi connectivity index (χ2n) is 9.21. The Labute approximate surface area is 181 Å². The van der Waals surface area contributed by atoms with Crippen molar-refractivity contribution in [3.63, 3.8) is 0 Å². The molecular weight excluding hydrogens is 378 g/mol. The summed E-state index contributed by atoms with van der Waals surface area (Å²) in [6, 6.07) is 0.243. The summed E-state index contributed by atoms with van der Waals surface area (Å²) in [5, 5.41) is 9.77. The van der Waals surface area contributed by atoms with Gasteiger partial charge in [0.25, 0.3) is 0 Å². The summed E-state index contributed by atoms with van der Waals surface area (Å²) in [4.78, 5) is 31.5. The van der Waals surface area contributed by atoms with Gasteiger partial charge in [-0.05, 0) is 44.9 Å². The largest absolute Gasteiger partial charge is 0.357 e. The summed E-state index contributed by atoms with van der Waals surface area (Å²) in [6.45, 7) is 5.56. The van der Waals surface area contributed by atoms with E-state index >= 15 is 0 Å². The molecule has 0 bridgehead atoms. The molecule has 7 nitrogen and oxygen atoms in total. The van der Waals surface area contributed by atoms with Crippen molar-refractivity contribution < 1.29 is 9.59 Å². The van der Waals surface area contributed by atoms with Crippen LogP contribution in [0, 0.1) is 11.8 Å². The SMILES string of the molecule is CCNC(=NCCNC(=O)CC1CCCC1)NC1CCN(C(=O)C2CCCCC2)C1. The van der Waals surface area contributed by atoms with Gasteiger partial charge in [-0.25, -0.2) is 0 Å². The maximum Gasteiger partial charge on any atom is 0.225 e. The van der Waals surface area contributed by atoms with Crippen LogP contribution < -0.4 is 16.0 Å². The van der Waals surface area contributed by atoms with Crippen molar-refractivity contribution in [2.45, 2.75) is 83.6 Å². The lowest BCUT2D eigenvalue weighted by Gasteiger charge is -2.26. The zero-order valence-electron chi connectivity index (χ0n) is 18.8. The molecule has 30 heavy (non-hydrogen) atoms. The topological polar surface area (TPSA) is 85.8 Å². The maximum absolute atomic E-state index is 12.8. The van der Waals surface area contributed by atoms with Gasteiger partial charge in [-0.3, -0.25) is 14.6 Å². The second kappa shape index (κ2) is 12.2. The van der Waals surface area contributed by atoms with E-state index in [2.05, 4.69) is 20.9 Å². The molecule has 0 aromatic carbocycles. The fourth-order valence-corrected chi connectivity index (χ4v) is 5.11. The van der Waals surface area contributed by atoms with Gasteiger partial charge in [0, 0.05) is 44.6 Å². The summed E-state index contributed by atoms with van der Waals surface area (Å²) >= 11 is 0. The van der Waals surface area contributed by atoms with Crippen molar-refractivity contribution in [2.24, 2.45) is 16.8 Å². The highest BCUT2D eigenvalue weighted by Crippen LogP contribution is 2.27. The molecule has 0 aromatic heterocycles. The zero-order valence-corrected chi connectivity index (χ0v) is 18.8. The summed E-state index contributed by atoms with van der Waals surface area (Å²) in [5.74, 6) is 2.11. The van der Waals surface area contributed by atoms with Crippen LogP contribution in [0.5, 0.6) is 0 Å². The van der Waals surface area contributed by atoms with Gasteiger partial charge >= 0.3 is 0 Å². The molecule has 2 saturated carbocycles. The fraction of sp³-hybridized carbons (Fsp3) is 0.870. The van der Waals surface area contributed by atoms with Gasteiger partial charge in [-0.15, -0.1) is 0 Å². The van der Waals surface area contributed by atoms with E-state index in [0.29, 0.717) is 31.3 Å². The average molecular weight is 420 g/mol. The smallest absolute Gasteiger partial charge is 0.225 e. The Bertz CT molecular complexity index is 582. The second-order valence-corrected chi connectivity index (χ2v) is 9.21. The number of nitrogens with one attached hydrogen (secondary N) is 3. The molecule has 3 N–H and O–H groups in total. The number of likely N-dealkylation sites (tertiary alicyclic amines) is 1. The molecule has 2 aliphatic carbocycles. The van der Waals surface area contributed by atoms with Crippen LogP contribution in [0.3, 0.4) is 0 Å². The van der Waals surface area contributed by atoms with Crippen molar-refractivity contribution in [2.75, 3.05) is 32.7 Å². The van der Waals surface area contributed by atoms with Crippen molar-refractivity contribution in [3.05, 3.63) is 0 Å². The van der Waals surface area contributed by atoms with Crippen LogP contribution >= 0.6 is 0 Å². The molecule has 7 heteroatoms. The third-order valence-electron chi connectivity index (χ3n) is 6.79.